The van der Waals surface area contributed by atoms with Gasteiger partial charge in [-0.1, -0.05) is 0 Å². The van der Waals surface area contributed by atoms with E-state index in [4.69, 9.17) is 10.5 Å². The van der Waals surface area contributed by atoms with Crippen LogP contribution in [0.1, 0.15) is 31.5 Å². The van der Waals surface area contributed by atoms with Crippen molar-refractivity contribution in [1.82, 2.24) is 14.5 Å². The van der Waals surface area contributed by atoms with E-state index in [9.17, 15) is 4.79 Å². The van der Waals surface area contributed by atoms with Gasteiger partial charge in [0.2, 0.25) is 5.95 Å². The highest BCUT2D eigenvalue weighted by Crippen LogP contribution is 2.29. The zero-order valence-electron chi connectivity index (χ0n) is 12.2. The number of imidazole rings is 1. The number of hydrogen-bond acceptors (Lipinski definition) is 6. The number of nitrogen functional groups attached to an aromatic ring is 1. The number of ether oxygens (including phenoxy) is 1. The number of nitrogens with two attached hydrogens (primary N) is 1. The SMILES string of the molecule is Cc1nc(C)c(-c2cn(C(=O)OC(C)(C)C)c(N)n2)s1. The van der Waals surface area contributed by atoms with Crippen molar-refractivity contribution >= 4 is 23.4 Å². The number of carbonyl (C=O) groups is 1. The van der Waals surface area contributed by atoms with Gasteiger partial charge in [0.1, 0.15) is 11.3 Å². The quantitative estimate of drug-likeness (QED) is 0.874. The third-order valence-electron chi connectivity index (χ3n) is 2.46. The summed E-state index contributed by atoms with van der Waals surface area (Å²) >= 11 is 1.52. The van der Waals surface area contributed by atoms with E-state index in [1.165, 1.54) is 15.9 Å². The van der Waals surface area contributed by atoms with Crippen molar-refractivity contribution in [2.75, 3.05) is 5.73 Å². The van der Waals surface area contributed by atoms with Gasteiger partial charge in [-0.2, -0.15) is 0 Å². The van der Waals surface area contributed by atoms with E-state index >= 15 is 0 Å². The van der Waals surface area contributed by atoms with Crippen molar-refractivity contribution < 1.29 is 9.53 Å². The lowest BCUT2D eigenvalue weighted by Crippen LogP contribution is -2.27. The molecule has 0 saturated carbocycles. The number of rotatable bonds is 1. The molecule has 0 aromatic carbocycles. The maximum Gasteiger partial charge on any atom is 0.421 e. The van der Waals surface area contributed by atoms with Gasteiger partial charge in [-0.15, -0.1) is 11.3 Å². The van der Waals surface area contributed by atoms with Crippen molar-refractivity contribution in [1.29, 1.82) is 0 Å². The Balaban J connectivity index is 2.35. The first-order chi connectivity index (χ1) is 9.17. The molecule has 0 aliphatic carbocycles. The second-order valence-corrected chi connectivity index (χ2v) is 6.69. The molecular formula is C13H18N4O2S. The molecule has 2 aromatic heterocycles. The smallest absolute Gasteiger partial charge is 0.421 e. The molecule has 2 heterocycles. The van der Waals surface area contributed by atoms with Gasteiger partial charge >= 0.3 is 6.09 Å². The van der Waals surface area contributed by atoms with Gasteiger partial charge in [-0.3, -0.25) is 0 Å². The molecule has 0 radical (unpaired) electrons. The van der Waals surface area contributed by atoms with E-state index < -0.39 is 11.7 Å². The highest BCUT2D eigenvalue weighted by atomic mass is 32.1. The summed E-state index contributed by atoms with van der Waals surface area (Å²) in [5.41, 5.74) is 6.72. The van der Waals surface area contributed by atoms with Crippen LogP contribution in [0.3, 0.4) is 0 Å². The average molecular weight is 294 g/mol. The van der Waals surface area contributed by atoms with Crippen LogP contribution < -0.4 is 5.73 Å². The minimum atomic E-state index is -0.578. The van der Waals surface area contributed by atoms with Crippen LogP contribution in [-0.4, -0.2) is 26.2 Å². The summed E-state index contributed by atoms with van der Waals surface area (Å²) in [4.78, 5) is 21.5. The summed E-state index contributed by atoms with van der Waals surface area (Å²) in [6, 6.07) is 0. The number of aromatic nitrogens is 3. The van der Waals surface area contributed by atoms with Crippen LogP contribution >= 0.6 is 11.3 Å². The van der Waals surface area contributed by atoms with E-state index in [1.54, 1.807) is 27.0 Å². The first-order valence-corrected chi connectivity index (χ1v) is 7.01. The summed E-state index contributed by atoms with van der Waals surface area (Å²) in [5, 5.41) is 0.947. The zero-order valence-corrected chi connectivity index (χ0v) is 13.0. The summed E-state index contributed by atoms with van der Waals surface area (Å²) in [5.74, 6) is 0.111. The Labute approximate surface area is 121 Å². The topological polar surface area (TPSA) is 83.0 Å². The molecule has 0 atom stereocenters. The molecule has 0 unspecified atom stereocenters. The number of carbonyl (C=O) groups excluding carboxylic acids is 1. The highest BCUT2D eigenvalue weighted by Gasteiger charge is 2.21. The molecule has 2 N–H and O–H groups in total. The number of aryl methyl sites for hydroxylation is 2. The highest BCUT2D eigenvalue weighted by molar-refractivity contribution is 7.15. The zero-order chi connectivity index (χ0) is 15.1. The van der Waals surface area contributed by atoms with Crippen molar-refractivity contribution in [3.8, 4) is 10.6 Å². The third kappa shape index (κ3) is 2.98. The Morgan fingerprint density at radius 1 is 1.35 bits per heavy atom. The van der Waals surface area contributed by atoms with Gasteiger partial charge in [0.15, 0.2) is 0 Å². The molecule has 0 spiro atoms. The van der Waals surface area contributed by atoms with E-state index in [2.05, 4.69) is 9.97 Å². The van der Waals surface area contributed by atoms with Gasteiger partial charge in [-0.25, -0.2) is 19.3 Å². The Morgan fingerprint density at radius 2 is 2.00 bits per heavy atom. The molecule has 0 bridgehead atoms. The molecule has 0 amide bonds. The molecule has 0 aliphatic rings. The van der Waals surface area contributed by atoms with Crippen LogP contribution in [0.5, 0.6) is 0 Å². The first kappa shape index (κ1) is 14.5. The minimum Gasteiger partial charge on any atom is -0.443 e. The Hall–Kier alpha value is -1.89. The van der Waals surface area contributed by atoms with Gasteiger partial charge in [0, 0.05) is 6.20 Å². The summed E-state index contributed by atoms with van der Waals surface area (Å²) < 4.78 is 6.50. The average Bonchev–Trinajstić information content (AvgIpc) is 2.79. The normalized spacial score (nSPS) is 11.7. The maximum atomic E-state index is 12.0. The first-order valence-electron chi connectivity index (χ1n) is 6.20. The summed E-state index contributed by atoms with van der Waals surface area (Å²) in [6.07, 6.45) is 1.05. The van der Waals surface area contributed by atoms with Crippen LogP contribution in [0.15, 0.2) is 6.20 Å². The standard InChI is InChI=1S/C13H18N4O2S/c1-7-10(20-8(2)15-7)9-6-17(11(14)16-9)12(18)19-13(3,4)5/h6H,1-5H3,(H2,14,16). The minimum absolute atomic E-state index is 0.111. The molecule has 7 heteroatoms. The molecule has 2 aromatic rings. The van der Waals surface area contributed by atoms with Gasteiger partial charge in [0.05, 0.1) is 15.6 Å². The summed E-state index contributed by atoms with van der Waals surface area (Å²) in [6.45, 7) is 9.23. The van der Waals surface area contributed by atoms with Crippen molar-refractivity contribution in [2.24, 2.45) is 0 Å². The predicted molar refractivity (Wildman–Crippen MR) is 78.9 cm³/mol. The largest absolute Gasteiger partial charge is 0.443 e. The molecule has 6 nitrogen and oxygen atoms in total. The second kappa shape index (κ2) is 4.90. The molecule has 0 saturated heterocycles. The number of thiazole rings is 1. The molecule has 108 valence electrons. The van der Waals surface area contributed by atoms with Crippen molar-refractivity contribution in [3.05, 3.63) is 16.9 Å². The van der Waals surface area contributed by atoms with Crippen LogP contribution in [0.2, 0.25) is 0 Å². The van der Waals surface area contributed by atoms with Gasteiger partial charge < -0.3 is 10.5 Å². The van der Waals surface area contributed by atoms with E-state index in [-0.39, 0.29) is 5.95 Å². The lowest BCUT2D eigenvalue weighted by Gasteiger charge is -2.19. The molecule has 0 fully saturated rings. The number of nitrogens with zero attached hydrogens (tertiary/aromatic N) is 3. The molecule has 20 heavy (non-hydrogen) atoms. The monoisotopic (exact) mass is 294 g/mol. The third-order valence-corrected chi connectivity index (χ3v) is 3.55. The van der Waals surface area contributed by atoms with Gasteiger partial charge in [0.25, 0.3) is 0 Å². The van der Waals surface area contributed by atoms with Crippen molar-refractivity contribution in [2.45, 2.75) is 40.2 Å². The van der Waals surface area contributed by atoms with Crippen LogP contribution in [-0.2, 0) is 4.74 Å². The van der Waals surface area contributed by atoms with Gasteiger partial charge in [-0.05, 0) is 34.6 Å². The fourth-order valence-electron chi connectivity index (χ4n) is 1.73. The number of anilines is 1. The number of hydrogen-bond donors (Lipinski definition) is 1. The van der Waals surface area contributed by atoms with Crippen LogP contribution in [0.4, 0.5) is 10.7 Å². The second-order valence-electron chi connectivity index (χ2n) is 5.48. The Kier molecular flexibility index (Phi) is 3.56. The van der Waals surface area contributed by atoms with Crippen LogP contribution in [0, 0.1) is 13.8 Å². The van der Waals surface area contributed by atoms with E-state index in [0.717, 1.165) is 15.6 Å². The van der Waals surface area contributed by atoms with E-state index in [0.29, 0.717) is 5.69 Å². The summed E-state index contributed by atoms with van der Waals surface area (Å²) in [7, 11) is 0. The molecule has 2 rings (SSSR count). The fraction of sp³-hybridized carbons (Fsp3) is 0.462. The molecular weight excluding hydrogens is 276 g/mol. The predicted octanol–water partition coefficient (Wildman–Crippen LogP) is 2.99. The maximum absolute atomic E-state index is 12.0. The Bertz CT molecular complexity index is 652. The van der Waals surface area contributed by atoms with E-state index in [1.807, 2.05) is 13.8 Å². The van der Waals surface area contributed by atoms with Crippen molar-refractivity contribution in [3.63, 3.8) is 0 Å². The lowest BCUT2D eigenvalue weighted by molar-refractivity contribution is 0.0540. The van der Waals surface area contributed by atoms with Crippen LogP contribution in [0.25, 0.3) is 10.6 Å². The lowest BCUT2D eigenvalue weighted by atomic mass is 10.2. The fourth-order valence-corrected chi connectivity index (χ4v) is 2.60. The Morgan fingerprint density at radius 3 is 2.50 bits per heavy atom. The molecule has 0 aliphatic heterocycles.